The van der Waals surface area contributed by atoms with Gasteiger partial charge in [0.15, 0.2) is 16.3 Å². The number of nitrogens with one attached hydrogen (secondary N) is 1. The molecule has 0 saturated heterocycles. The average Bonchev–Trinajstić information content (AvgIpc) is 3.14. The van der Waals surface area contributed by atoms with Crippen molar-refractivity contribution < 1.29 is 4.79 Å². The predicted molar refractivity (Wildman–Crippen MR) is 126 cm³/mol. The monoisotopic (exact) mass is 449 g/mol. The summed E-state index contributed by atoms with van der Waals surface area (Å²) in [4.78, 5) is 42.4. The lowest BCUT2D eigenvalue weighted by Crippen LogP contribution is -2.37. The van der Waals surface area contributed by atoms with Gasteiger partial charge in [0.1, 0.15) is 0 Å². The molecule has 1 N–H and O–H groups in total. The van der Waals surface area contributed by atoms with Gasteiger partial charge in [-0.25, -0.2) is 9.78 Å². The van der Waals surface area contributed by atoms with Gasteiger partial charge in [0, 0.05) is 19.8 Å². The average molecular weight is 450 g/mol. The van der Waals surface area contributed by atoms with E-state index in [0.29, 0.717) is 28.6 Å². The van der Waals surface area contributed by atoms with E-state index in [-0.39, 0.29) is 11.7 Å². The zero-order valence-corrected chi connectivity index (χ0v) is 18.8. The number of nitrogens with zero attached hydrogens (tertiary/aromatic N) is 4. The summed E-state index contributed by atoms with van der Waals surface area (Å²) in [5.41, 5.74) is 2.59. The fourth-order valence-electron chi connectivity index (χ4n) is 3.53. The second-order valence-corrected chi connectivity index (χ2v) is 8.49. The van der Waals surface area contributed by atoms with Gasteiger partial charge in [-0.3, -0.25) is 18.7 Å². The number of thioether (sulfide) groups is 1. The lowest BCUT2D eigenvalue weighted by atomic mass is 10.1. The maximum absolute atomic E-state index is 13.0. The zero-order valence-electron chi connectivity index (χ0n) is 18.0. The van der Waals surface area contributed by atoms with Crippen LogP contribution in [0.3, 0.4) is 0 Å². The lowest BCUT2D eigenvalue weighted by molar-refractivity contribution is -0.113. The summed E-state index contributed by atoms with van der Waals surface area (Å²) < 4.78 is 4.22. The first kappa shape index (κ1) is 21.6. The molecule has 8 nitrogen and oxygen atoms in total. The molecule has 1 amide bonds. The first-order valence-corrected chi connectivity index (χ1v) is 11.0. The number of amides is 1. The number of fused-ring (bicyclic) bond motifs is 1. The van der Waals surface area contributed by atoms with E-state index in [1.807, 2.05) is 61.5 Å². The Labute approximate surface area is 188 Å². The highest BCUT2D eigenvalue weighted by Crippen LogP contribution is 2.23. The lowest BCUT2D eigenvalue weighted by Gasteiger charge is -2.10. The number of carbonyl (C=O) groups is 1. The minimum atomic E-state index is -0.443. The van der Waals surface area contributed by atoms with Crippen molar-refractivity contribution in [2.24, 2.45) is 14.1 Å². The third kappa shape index (κ3) is 4.24. The zero-order chi connectivity index (χ0) is 22.8. The Morgan fingerprint density at radius 2 is 1.78 bits per heavy atom. The number of hydrogen-bond acceptors (Lipinski definition) is 5. The van der Waals surface area contributed by atoms with E-state index in [4.69, 9.17) is 0 Å². The molecule has 0 bridgehead atoms. The number of anilines is 1. The van der Waals surface area contributed by atoms with Crippen molar-refractivity contribution in [1.82, 2.24) is 18.7 Å². The number of hydrogen-bond donors (Lipinski definition) is 1. The summed E-state index contributed by atoms with van der Waals surface area (Å²) in [7, 11) is 3.04. The van der Waals surface area contributed by atoms with Crippen LogP contribution in [0.2, 0.25) is 0 Å². The summed E-state index contributed by atoms with van der Waals surface area (Å²) in [6, 6.07) is 17.2. The van der Waals surface area contributed by atoms with Crippen molar-refractivity contribution >= 4 is 34.5 Å². The van der Waals surface area contributed by atoms with E-state index in [1.165, 1.54) is 23.4 Å². The van der Waals surface area contributed by atoms with Crippen molar-refractivity contribution in [1.29, 1.82) is 0 Å². The van der Waals surface area contributed by atoms with Crippen molar-refractivity contribution in [2.75, 3.05) is 11.1 Å². The highest BCUT2D eigenvalue weighted by Gasteiger charge is 2.20. The highest BCUT2D eigenvalue weighted by molar-refractivity contribution is 7.99. The molecular weight excluding hydrogens is 426 g/mol. The molecule has 2 heterocycles. The minimum absolute atomic E-state index is 0.111. The molecule has 0 atom stereocenters. The van der Waals surface area contributed by atoms with E-state index in [0.717, 1.165) is 15.7 Å². The van der Waals surface area contributed by atoms with Crippen LogP contribution in [0.25, 0.3) is 11.2 Å². The number of para-hydroxylation sites is 1. The topological polar surface area (TPSA) is 90.9 Å². The van der Waals surface area contributed by atoms with Gasteiger partial charge in [-0.05, 0) is 24.6 Å². The Morgan fingerprint density at radius 1 is 1.03 bits per heavy atom. The summed E-state index contributed by atoms with van der Waals surface area (Å²) in [5, 5.41) is 3.35. The summed E-state index contributed by atoms with van der Waals surface area (Å²) in [6.07, 6.45) is 0. The van der Waals surface area contributed by atoms with Gasteiger partial charge < -0.3 is 9.88 Å². The van der Waals surface area contributed by atoms with E-state index >= 15 is 0 Å². The van der Waals surface area contributed by atoms with E-state index in [1.54, 1.807) is 11.6 Å². The molecule has 0 fully saturated rings. The number of rotatable bonds is 6. The van der Waals surface area contributed by atoms with Crippen LogP contribution in [0, 0.1) is 6.92 Å². The smallest absolute Gasteiger partial charge is 0.325 e. The van der Waals surface area contributed by atoms with Crippen LogP contribution in [0.5, 0.6) is 0 Å². The molecule has 0 aliphatic carbocycles. The largest absolute Gasteiger partial charge is 0.332 e. The Bertz CT molecular complexity index is 1420. The number of benzene rings is 2. The van der Waals surface area contributed by atoms with Gasteiger partial charge in [-0.15, -0.1) is 0 Å². The van der Waals surface area contributed by atoms with Crippen LogP contribution in [-0.4, -0.2) is 30.3 Å². The van der Waals surface area contributed by atoms with Crippen LogP contribution < -0.4 is 16.6 Å². The highest BCUT2D eigenvalue weighted by atomic mass is 32.2. The Morgan fingerprint density at radius 3 is 2.50 bits per heavy atom. The first-order chi connectivity index (χ1) is 15.3. The van der Waals surface area contributed by atoms with E-state index in [9.17, 15) is 14.4 Å². The first-order valence-electron chi connectivity index (χ1n) is 10.0. The van der Waals surface area contributed by atoms with Gasteiger partial charge in [0.25, 0.3) is 5.56 Å². The second-order valence-electron chi connectivity index (χ2n) is 7.55. The van der Waals surface area contributed by atoms with Crippen LogP contribution in [-0.2, 0) is 25.4 Å². The fraction of sp³-hybridized carbons (Fsp3) is 0.217. The molecule has 164 valence electrons. The SMILES string of the molecule is Cc1cccc(Cn2c(SCC(=O)Nc3ccccc3)nc3c2c(=O)n(C)c(=O)n3C)c1. The molecular formula is C23H23N5O3S. The maximum atomic E-state index is 13.0. The van der Waals surface area contributed by atoms with Gasteiger partial charge in [0.05, 0.1) is 12.3 Å². The maximum Gasteiger partial charge on any atom is 0.332 e. The standard InChI is InChI=1S/C23H23N5O3S/c1-15-8-7-9-16(12-15)13-28-19-20(26(2)23(31)27(3)21(19)30)25-22(28)32-14-18(29)24-17-10-5-4-6-11-17/h4-12H,13-14H2,1-3H3,(H,24,29). The number of imidazole rings is 1. The number of carbonyl (C=O) groups excluding carboxylic acids is 1. The molecule has 0 unspecified atom stereocenters. The quantitative estimate of drug-likeness (QED) is 0.457. The number of aromatic nitrogens is 4. The Kier molecular flexibility index (Phi) is 6.00. The van der Waals surface area contributed by atoms with Gasteiger partial charge in [-0.2, -0.15) is 0 Å². The molecule has 0 saturated carbocycles. The Balaban J connectivity index is 1.73. The van der Waals surface area contributed by atoms with E-state index < -0.39 is 11.2 Å². The fourth-order valence-corrected chi connectivity index (χ4v) is 4.32. The summed E-state index contributed by atoms with van der Waals surface area (Å²) in [6.45, 7) is 2.40. The summed E-state index contributed by atoms with van der Waals surface area (Å²) in [5.74, 6) is -0.0718. The summed E-state index contributed by atoms with van der Waals surface area (Å²) >= 11 is 1.23. The molecule has 4 rings (SSSR count). The molecule has 9 heteroatoms. The van der Waals surface area contributed by atoms with Crippen LogP contribution >= 0.6 is 11.8 Å². The van der Waals surface area contributed by atoms with Crippen molar-refractivity contribution in [3.63, 3.8) is 0 Å². The predicted octanol–water partition coefficient (Wildman–Crippen LogP) is 2.52. The molecule has 32 heavy (non-hydrogen) atoms. The number of aryl methyl sites for hydroxylation is 2. The minimum Gasteiger partial charge on any atom is -0.325 e. The van der Waals surface area contributed by atoms with Crippen molar-refractivity contribution in [3.05, 3.63) is 86.6 Å². The molecule has 0 aliphatic heterocycles. The van der Waals surface area contributed by atoms with Gasteiger partial charge in [0.2, 0.25) is 5.91 Å². The van der Waals surface area contributed by atoms with Crippen molar-refractivity contribution in [2.45, 2.75) is 18.6 Å². The normalized spacial score (nSPS) is 11.1. The van der Waals surface area contributed by atoms with Gasteiger partial charge in [-0.1, -0.05) is 59.8 Å². The molecule has 2 aromatic carbocycles. The molecule has 0 aliphatic rings. The van der Waals surface area contributed by atoms with Gasteiger partial charge >= 0.3 is 5.69 Å². The molecule has 0 spiro atoms. The Hall–Kier alpha value is -3.59. The molecule has 2 aromatic heterocycles. The second kappa shape index (κ2) is 8.88. The van der Waals surface area contributed by atoms with E-state index in [2.05, 4.69) is 10.3 Å². The van der Waals surface area contributed by atoms with Crippen LogP contribution in [0.1, 0.15) is 11.1 Å². The third-order valence-corrected chi connectivity index (χ3v) is 6.10. The molecule has 0 radical (unpaired) electrons. The molecule has 4 aromatic rings. The van der Waals surface area contributed by atoms with Crippen LogP contribution in [0.4, 0.5) is 5.69 Å². The van der Waals surface area contributed by atoms with Crippen molar-refractivity contribution in [3.8, 4) is 0 Å². The third-order valence-electron chi connectivity index (χ3n) is 5.13. The van der Waals surface area contributed by atoms with Crippen LogP contribution in [0.15, 0.2) is 69.3 Å².